The third-order valence-electron chi connectivity index (χ3n) is 4.29. The summed E-state index contributed by atoms with van der Waals surface area (Å²) in [5.74, 6) is 0.467. The zero-order valence-corrected chi connectivity index (χ0v) is 10.0. The molecule has 1 aliphatic carbocycles. The Morgan fingerprint density at radius 1 is 1.12 bits per heavy atom. The van der Waals surface area contributed by atoms with Crippen LogP contribution in [0.15, 0.2) is 0 Å². The second-order valence-corrected chi connectivity index (χ2v) is 5.29. The number of hydrogen-bond donors (Lipinski definition) is 1. The molecule has 5 heteroatoms. The smallest absolute Gasteiger partial charge is 0.329 e. The van der Waals surface area contributed by atoms with Crippen LogP contribution in [-0.4, -0.2) is 36.2 Å². The van der Waals surface area contributed by atoms with Crippen LogP contribution >= 0.6 is 0 Å². The average molecular weight is 250 g/mol. The molecule has 1 saturated heterocycles. The Balaban J connectivity index is 2.07. The van der Waals surface area contributed by atoms with Crippen LogP contribution in [0.25, 0.3) is 0 Å². The van der Waals surface area contributed by atoms with E-state index in [9.17, 15) is 13.2 Å². The fourth-order valence-electron chi connectivity index (χ4n) is 3.51. The summed E-state index contributed by atoms with van der Waals surface area (Å²) in [6, 6.07) is -1.32. The molecular formula is C12H21F3N2. The lowest BCUT2D eigenvalue weighted by Crippen LogP contribution is -2.53. The highest BCUT2D eigenvalue weighted by Crippen LogP contribution is 2.38. The van der Waals surface area contributed by atoms with Crippen LogP contribution in [0.4, 0.5) is 13.2 Å². The van der Waals surface area contributed by atoms with Crippen LogP contribution in [0.3, 0.4) is 0 Å². The highest BCUT2D eigenvalue weighted by Gasteiger charge is 2.47. The van der Waals surface area contributed by atoms with Crippen molar-refractivity contribution in [2.45, 2.75) is 56.8 Å². The molecule has 0 spiro atoms. The number of rotatable bonds is 3. The maximum Gasteiger partial charge on any atom is 0.405 e. The van der Waals surface area contributed by atoms with E-state index in [-0.39, 0.29) is 12.6 Å². The zero-order chi connectivity index (χ0) is 12.5. The molecule has 1 saturated carbocycles. The summed E-state index contributed by atoms with van der Waals surface area (Å²) in [4.78, 5) is 1.63. The van der Waals surface area contributed by atoms with Gasteiger partial charge in [0, 0.05) is 12.6 Å². The van der Waals surface area contributed by atoms with Gasteiger partial charge in [-0.25, -0.2) is 0 Å². The molecule has 0 aromatic carbocycles. The van der Waals surface area contributed by atoms with Gasteiger partial charge in [0.05, 0.1) is 0 Å². The molecule has 2 atom stereocenters. The van der Waals surface area contributed by atoms with Gasteiger partial charge in [0.2, 0.25) is 0 Å². The maximum atomic E-state index is 12.9. The van der Waals surface area contributed by atoms with E-state index in [0.29, 0.717) is 12.5 Å². The molecule has 2 unspecified atom stereocenters. The third-order valence-corrected chi connectivity index (χ3v) is 4.29. The zero-order valence-electron chi connectivity index (χ0n) is 10.0. The quantitative estimate of drug-likeness (QED) is 0.834. The molecular weight excluding hydrogens is 229 g/mol. The molecule has 0 radical (unpaired) electrons. The lowest BCUT2D eigenvalue weighted by atomic mass is 9.95. The fourth-order valence-corrected chi connectivity index (χ4v) is 3.51. The van der Waals surface area contributed by atoms with Crippen molar-refractivity contribution in [3.05, 3.63) is 0 Å². The van der Waals surface area contributed by atoms with E-state index in [1.54, 1.807) is 4.90 Å². The molecule has 2 N–H and O–H groups in total. The Hall–Kier alpha value is -0.290. The molecule has 2 nitrogen and oxygen atoms in total. The number of halogens is 3. The monoisotopic (exact) mass is 250 g/mol. The van der Waals surface area contributed by atoms with Gasteiger partial charge >= 0.3 is 6.18 Å². The summed E-state index contributed by atoms with van der Waals surface area (Å²) in [7, 11) is 0. The Morgan fingerprint density at radius 3 is 2.29 bits per heavy atom. The largest absolute Gasteiger partial charge is 0.405 e. The van der Waals surface area contributed by atoms with Gasteiger partial charge in [-0.2, -0.15) is 13.2 Å². The molecule has 2 fully saturated rings. The van der Waals surface area contributed by atoms with E-state index >= 15 is 0 Å². The molecule has 1 aliphatic heterocycles. The Morgan fingerprint density at radius 2 is 1.76 bits per heavy atom. The first-order valence-corrected chi connectivity index (χ1v) is 6.56. The molecule has 0 bridgehead atoms. The van der Waals surface area contributed by atoms with Crippen LogP contribution < -0.4 is 5.73 Å². The van der Waals surface area contributed by atoms with Crippen LogP contribution in [0, 0.1) is 5.92 Å². The third kappa shape index (κ3) is 2.76. The first-order valence-electron chi connectivity index (χ1n) is 6.56. The van der Waals surface area contributed by atoms with Crippen molar-refractivity contribution >= 4 is 0 Å². The van der Waals surface area contributed by atoms with Gasteiger partial charge in [-0.15, -0.1) is 0 Å². The maximum absolute atomic E-state index is 12.9. The number of hydrogen-bond acceptors (Lipinski definition) is 2. The first kappa shape index (κ1) is 13.1. The Labute approximate surface area is 100 Å². The Kier molecular flexibility index (Phi) is 3.98. The van der Waals surface area contributed by atoms with Gasteiger partial charge in [-0.1, -0.05) is 12.8 Å². The predicted molar refractivity (Wildman–Crippen MR) is 60.6 cm³/mol. The van der Waals surface area contributed by atoms with Crippen molar-refractivity contribution in [1.82, 2.24) is 4.90 Å². The minimum Gasteiger partial charge on any atom is -0.329 e. The summed E-state index contributed by atoms with van der Waals surface area (Å²) >= 11 is 0. The van der Waals surface area contributed by atoms with Crippen molar-refractivity contribution in [3.8, 4) is 0 Å². The predicted octanol–water partition coefficient (Wildman–Crippen LogP) is 2.53. The highest BCUT2D eigenvalue weighted by atomic mass is 19.4. The molecule has 1 heterocycles. The van der Waals surface area contributed by atoms with Gasteiger partial charge in [0.15, 0.2) is 0 Å². The summed E-state index contributed by atoms with van der Waals surface area (Å²) in [6.07, 6.45) is 2.15. The van der Waals surface area contributed by atoms with E-state index in [4.69, 9.17) is 5.73 Å². The molecule has 17 heavy (non-hydrogen) atoms. The molecule has 100 valence electrons. The highest BCUT2D eigenvalue weighted by molar-refractivity contribution is 4.93. The molecule has 0 aromatic rings. The number of nitrogens with zero attached hydrogens (tertiary/aromatic N) is 1. The molecule has 0 aromatic heterocycles. The van der Waals surface area contributed by atoms with E-state index in [0.717, 1.165) is 25.7 Å². The van der Waals surface area contributed by atoms with E-state index in [1.807, 2.05) is 0 Å². The SMILES string of the molecule is NCC(N1CCCC1C1CCCC1)C(F)(F)F. The normalized spacial score (nSPS) is 30.0. The van der Waals surface area contributed by atoms with Crippen molar-refractivity contribution in [2.24, 2.45) is 11.7 Å². The van der Waals surface area contributed by atoms with E-state index in [1.165, 1.54) is 12.8 Å². The van der Waals surface area contributed by atoms with E-state index in [2.05, 4.69) is 0 Å². The topological polar surface area (TPSA) is 29.3 Å². The van der Waals surface area contributed by atoms with Crippen LogP contribution in [0.1, 0.15) is 38.5 Å². The molecule has 2 aliphatic rings. The minimum atomic E-state index is -4.18. The second kappa shape index (κ2) is 5.14. The fraction of sp³-hybridized carbons (Fsp3) is 1.00. The van der Waals surface area contributed by atoms with E-state index < -0.39 is 12.2 Å². The number of nitrogens with two attached hydrogens (primary N) is 1. The summed E-state index contributed by atoms with van der Waals surface area (Å²) < 4.78 is 38.7. The number of alkyl halides is 3. The average Bonchev–Trinajstić information content (AvgIpc) is 2.83. The van der Waals surface area contributed by atoms with Gasteiger partial charge in [-0.05, 0) is 38.1 Å². The lowest BCUT2D eigenvalue weighted by Gasteiger charge is -2.36. The van der Waals surface area contributed by atoms with Crippen LogP contribution in [-0.2, 0) is 0 Å². The summed E-state index contributed by atoms with van der Waals surface area (Å²) in [5.41, 5.74) is 5.34. The standard InChI is InChI=1S/C12H21F3N2/c13-12(14,15)11(8-16)17-7-3-6-10(17)9-4-1-2-5-9/h9-11H,1-8,16H2. The van der Waals surface area contributed by atoms with Crippen molar-refractivity contribution < 1.29 is 13.2 Å². The molecule has 0 amide bonds. The minimum absolute atomic E-state index is 0.118. The lowest BCUT2D eigenvalue weighted by molar-refractivity contribution is -0.185. The van der Waals surface area contributed by atoms with Crippen molar-refractivity contribution in [3.63, 3.8) is 0 Å². The second-order valence-electron chi connectivity index (χ2n) is 5.29. The van der Waals surface area contributed by atoms with Crippen molar-refractivity contribution in [1.29, 1.82) is 0 Å². The molecule has 2 rings (SSSR count). The van der Waals surface area contributed by atoms with Gasteiger partial charge in [0.25, 0.3) is 0 Å². The first-order chi connectivity index (χ1) is 8.04. The summed E-state index contributed by atoms with van der Waals surface area (Å²) in [5, 5.41) is 0. The Bertz CT molecular complexity index is 249. The van der Waals surface area contributed by atoms with Gasteiger partial charge < -0.3 is 5.73 Å². The number of likely N-dealkylation sites (tertiary alicyclic amines) is 1. The van der Waals surface area contributed by atoms with Crippen LogP contribution in [0.5, 0.6) is 0 Å². The summed E-state index contributed by atoms with van der Waals surface area (Å²) in [6.45, 7) is 0.245. The van der Waals surface area contributed by atoms with Crippen LogP contribution in [0.2, 0.25) is 0 Å². The van der Waals surface area contributed by atoms with Gasteiger partial charge in [-0.3, -0.25) is 4.90 Å². The van der Waals surface area contributed by atoms with Crippen molar-refractivity contribution in [2.75, 3.05) is 13.1 Å². The van der Waals surface area contributed by atoms with Gasteiger partial charge in [0.1, 0.15) is 6.04 Å².